The zero-order chi connectivity index (χ0) is 23.8. The van der Waals surface area contributed by atoms with Gasteiger partial charge in [0.1, 0.15) is 6.54 Å². The van der Waals surface area contributed by atoms with Crippen LogP contribution >= 0.6 is 0 Å². The molecule has 0 radical (unpaired) electrons. The minimum absolute atomic E-state index is 0.167. The number of carbonyl (C=O) groups is 1. The Labute approximate surface area is 205 Å². The van der Waals surface area contributed by atoms with Gasteiger partial charge in [-0.15, -0.1) is 0 Å². The van der Waals surface area contributed by atoms with Crippen molar-refractivity contribution in [2.24, 2.45) is 17.8 Å². The van der Waals surface area contributed by atoms with Gasteiger partial charge in [-0.1, -0.05) is 18.6 Å². The van der Waals surface area contributed by atoms with Gasteiger partial charge in [-0.05, 0) is 118 Å². The number of nitrogens with one attached hydrogen (secondary N) is 1. The van der Waals surface area contributed by atoms with E-state index in [0.717, 1.165) is 43.8 Å². The summed E-state index contributed by atoms with van der Waals surface area (Å²) < 4.78 is 26.3. The summed E-state index contributed by atoms with van der Waals surface area (Å²) in [4.78, 5) is 15.0. The van der Waals surface area contributed by atoms with Gasteiger partial charge in [0.25, 0.3) is 0 Å². The Balaban J connectivity index is 1.19. The smallest absolute Gasteiger partial charge is 0.240 e. The van der Waals surface area contributed by atoms with Crippen molar-refractivity contribution in [1.82, 2.24) is 10.2 Å². The molecule has 1 aromatic carbocycles. The number of benzene rings is 1. The number of rotatable bonds is 9. The molecular formula is C27H41N3O3S. The summed E-state index contributed by atoms with van der Waals surface area (Å²) in [6.45, 7) is 3.70. The van der Waals surface area contributed by atoms with Gasteiger partial charge in [0.05, 0.1) is 11.9 Å². The zero-order valence-electron chi connectivity index (χ0n) is 20.7. The van der Waals surface area contributed by atoms with Gasteiger partial charge in [-0.3, -0.25) is 9.10 Å². The van der Waals surface area contributed by atoms with Crippen molar-refractivity contribution in [3.8, 4) is 0 Å². The molecule has 5 fully saturated rings. The van der Waals surface area contributed by atoms with Crippen LogP contribution in [0.4, 0.5) is 5.69 Å². The number of nitrogens with zero attached hydrogens (tertiary/aromatic N) is 2. The molecule has 0 atom stereocenters. The summed E-state index contributed by atoms with van der Waals surface area (Å²) in [6, 6.07) is 8.10. The lowest BCUT2D eigenvalue weighted by Gasteiger charge is -2.57. The summed E-state index contributed by atoms with van der Waals surface area (Å²) in [5, 5.41) is 2.92. The second kappa shape index (κ2) is 9.81. The highest BCUT2D eigenvalue weighted by molar-refractivity contribution is 7.92. The Kier molecular flexibility index (Phi) is 6.95. The lowest BCUT2D eigenvalue weighted by Crippen LogP contribution is -2.48. The third-order valence-corrected chi connectivity index (χ3v) is 10.1. The fourth-order valence-electron chi connectivity index (χ4n) is 7.75. The minimum Gasteiger partial charge on any atom is -0.354 e. The Hall–Kier alpha value is -1.60. The third kappa shape index (κ3) is 5.30. The maximum atomic E-state index is 12.6. The van der Waals surface area contributed by atoms with E-state index in [1.54, 1.807) is 0 Å². The van der Waals surface area contributed by atoms with Crippen LogP contribution in [0, 0.1) is 17.8 Å². The standard InChI is InChI=1S/C27H41N3O3S/c1-34(32,33)30(20-26(31)28-10-5-13-29-11-3-2-4-12-29)25-8-6-24(7-9-25)27-17-21-14-22(18-27)16-23(15-21)19-27/h6-9,21-23H,2-5,10-20H2,1H3,(H,28,31). The number of amides is 1. The highest BCUT2D eigenvalue weighted by Crippen LogP contribution is 2.60. The van der Waals surface area contributed by atoms with Gasteiger partial charge in [0.2, 0.25) is 15.9 Å². The van der Waals surface area contributed by atoms with Gasteiger partial charge < -0.3 is 10.2 Å². The van der Waals surface area contributed by atoms with E-state index in [2.05, 4.69) is 22.3 Å². The predicted molar refractivity (Wildman–Crippen MR) is 136 cm³/mol. The first-order chi connectivity index (χ1) is 16.3. The Morgan fingerprint density at radius 2 is 1.59 bits per heavy atom. The largest absolute Gasteiger partial charge is 0.354 e. The average Bonchev–Trinajstić information content (AvgIpc) is 2.80. The van der Waals surface area contributed by atoms with Crippen molar-refractivity contribution in [3.63, 3.8) is 0 Å². The van der Waals surface area contributed by atoms with Gasteiger partial charge in [-0.2, -0.15) is 0 Å². The molecule has 4 saturated carbocycles. The Morgan fingerprint density at radius 3 is 2.15 bits per heavy atom. The number of hydrogen-bond donors (Lipinski definition) is 1. The SMILES string of the molecule is CS(=O)(=O)N(CC(=O)NCCCN1CCCCC1)c1ccc(C23CC4CC(CC(C4)C2)C3)cc1. The summed E-state index contributed by atoms with van der Waals surface area (Å²) in [6.07, 6.45) is 14.0. The molecule has 0 spiro atoms. The molecule has 6 nitrogen and oxygen atoms in total. The monoisotopic (exact) mass is 487 g/mol. The average molecular weight is 488 g/mol. The molecule has 6 rings (SSSR count). The molecule has 1 aliphatic heterocycles. The fourth-order valence-corrected chi connectivity index (χ4v) is 8.60. The molecule has 7 heteroatoms. The summed E-state index contributed by atoms with van der Waals surface area (Å²) >= 11 is 0. The molecule has 188 valence electrons. The number of sulfonamides is 1. The van der Waals surface area contributed by atoms with Crippen LogP contribution in [0.2, 0.25) is 0 Å². The van der Waals surface area contributed by atoms with E-state index in [1.807, 2.05) is 12.1 Å². The molecule has 1 saturated heterocycles. The maximum Gasteiger partial charge on any atom is 0.240 e. The van der Waals surface area contributed by atoms with E-state index in [4.69, 9.17) is 0 Å². The third-order valence-electron chi connectivity index (χ3n) is 8.92. The second-order valence-electron chi connectivity index (χ2n) is 11.6. The van der Waals surface area contributed by atoms with Gasteiger partial charge in [0, 0.05) is 6.54 Å². The van der Waals surface area contributed by atoms with Crippen LogP contribution in [0.1, 0.15) is 69.8 Å². The van der Waals surface area contributed by atoms with Crippen LogP contribution in [-0.2, 0) is 20.2 Å². The zero-order valence-corrected chi connectivity index (χ0v) is 21.5. The predicted octanol–water partition coefficient (Wildman–Crippen LogP) is 3.91. The molecule has 0 unspecified atom stereocenters. The van der Waals surface area contributed by atoms with Crippen LogP contribution in [0.5, 0.6) is 0 Å². The Morgan fingerprint density at radius 1 is 1.00 bits per heavy atom. The van der Waals surface area contributed by atoms with E-state index < -0.39 is 10.0 Å². The van der Waals surface area contributed by atoms with Crippen LogP contribution in [0.3, 0.4) is 0 Å². The number of anilines is 1. The molecule has 0 aromatic heterocycles. The van der Waals surface area contributed by atoms with E-state index >= 15 is 0 Å². The molecule has 1 heterocycles. The quantitative estimate of drug-likeness (QED) is 0.536. The second-order valence-corrected chi connectivity index (χ2v) is 13.5. The maximum absolute atomic E-state index is 12.6. The van der Waals surface area contributed by atoms with E-state index in [-0.39, 0.29) is 17.9 Å². The first-order valence-electron chi connectivity index (χ1n) is 13.4. The molecule has 5 aliphatic rings. The van der Waals surface area contributed by atoms with Crippen LogP contribution in [-0.4, -0.2) is 58.2 Å². The van der Waals surface area contributed by atoms with Crippen molar-refractivity contribution in [2.75, 3.05) is 43.3 Å². The molecule has 1 aromatic rings. The normalized spacial score (nSPS) is 30.9. The van der Waals surface area contributed by atoms with Crippen LogP contribution < -0.4 is 9.62 Å². The Bertz CT molecular complexity index is 934. The summed E-state index contributed by atoms with van der Waals surface area (Å²) in [5.74, 6) is 2.38. The minimum atomic E-state index is -3.55. The highest BCUT2D eigenvalue weighted by Gasteiger charge is 2.51. The number of carbonyl (C=O) groups excluding carboxylic acids is 1. The molecule has 4 bridgehead atoms. The van der Waals surface area contributed by atoms with E-state index in [9.17, 15) is 13.2 Å². The van der Waals surface area contributed by atoms with Crippen LogP contribution in [0.25, 0.3) is 0 Å². The molecule has 34 heavy (non-hydrogen) atoms. The van der Waals surface area contributed by atoms with Crippen LogP contribution in [0.15, 0.2) is 24.3 Å². The van der Waals surface area contributed by atoms with Crippen molar-refractivity contribution in [3.05, 3.63) is 29.8 Å². The van der Waals surface area contributed by atoms with Crippen molar-refractivity contribution in [2.45, 2.75) is 69.6 Å². The summed E-state index contributed by atoms with van der Waals surface area (Å²) in [7, 11) is -3.55. The molecule has 1 amide bonds. The molecule has 4 aliphatic carbocycles. The van der Waals surface area contributed by atoms with Gasteiger partial charge in [-0.25, -0.2) is 8.42 Å². The molecule has 1 N–H and O–H groups in total. The lowest BCUT2D eigenvalue weighted by atomic mass is 9.48. The van der Waals surface area contributed by atoms with Gasteiger partial charge in [0.15, 0.2) is 0 Å². The fraction of sp³-hybridized carbons (Fsp3) is 0.741. The number of hydrogen-bond acceptors (Lipinski definition) is 4. The first-order valence-corrected chi connectivity index (χ1v) is 15.2. The highest BCUT2D eigenvalue weighted by atomic mass is 32.2. The molecular weight excluding hydrogens is 446 g/mol. The topological polar surface area (TPSA) is 69.7 Å². The lowest BCUT2D eigenvalue weighted by molar-refractivity contribution is -0.119. The number of likely N-dealkylation sites (tertiary alicyclic amines) is 1. The summed E-state index contributed by atoms with van der Waals surface area (Å²) in [5.41, 5.74) is 2.24. The van der Waals surface area contributed by atoms with E-state index in [1.165, 1.54) is 73.9 Å². The van der Waals surface area contributed by atoms with Crippen molar-refractivity contribution < 1.29 is 13.2 Å². The van der Waals surface area contributed by atoms with Crippen molar-refractivity contribution in [1.29, 1.82) is 0 Å². The number of piperidine rings is 1. The van der Waals surface area contributed by atoms with Crippen molar-refractivity contribution >= 4 is 21.6 Å². The van der Waals surface area contributed by atoms with E-state index in [0.29, 0.717) is 12.2 Å². The first kappa shape index (κ1) is 24.1. The van der Waals surface area contributed by atoms with Gasteiger partial charge >= 0.3 is 0 Å².